The van der Waals surface area contributed by atoms with E-state index < -0.39 is 7.60 Å². The second-order valence-electron chi connectivity index (χ2n) is 7.07. The van der Waals surface area contributed by atoms with Crippen molar-refractivity contribution in [2.75, 3.05) is 30.9 Å². The summed E-state index contributed by atoms with van der Waals surface area (Å²) in [5.41, 5.74) is 2.70. The second kappa shape index (κ2) is 12.1. The highest BCUT2D eigenvalue weighted by Gasteiger charge is 2.24. The molecule has 0 radical (unpaired) electrons. The number of nitrogens with zero attached hydrogens (tertiary/aromatic N) is 2. The van der Waals surface area contributed by atoms with Crippen LogP contribution in [0.25, 0.3) is 0 Å². The molecule has 1 aromatic heterocycles. The van der Waals surface area contributed by atoms with Crippen LogP contribution in [0.15, 0.2) is 59.2 Å². The third-order valence-electron chi connectivity index (χ3n) is 4.63. The Labute approximate surface area is 207 Å². The molecule has 0 aliphatic heterocycles. The SMILES string of the molecule is CCOP(=O)(Cc1ccc(Nc2ncc(Br)c(Nc3ccccc3C(=O)NC)n2)cc1)OCC. The summed E-state index contributed by atoms with van der Waals surface area (Å²) < 4.78 is 24.1. The molecule has 1 heterocycles. The molecule has 0 saturated carbocycles. The van der Waals surface area contributed by atoms with Crippen LogP contribution in [-0.4, -0.2) is 36.1 Å². The molecule has 0 bridgehead atoms. The van der Waals surface area contributed by atoms with E-state index in [0.717, 1.165) is 11.3 Å². The predicted octanol–water partition coefficient (Wildman–Crippen LogP) is 5.85. The Morgan fingerprint density at radius 3 is 2.35 bits per heavy atom. The fraction of sp³-hybridized carbons (Fsp3) is 0.261. The molecule has 3 rings (SSSR count). The van der Waals surface area contributed by atoms with Crippen molar-refractivity contribution >= 4 is 52.6 Å². The zero-order valence-electron chi connectivity index (χ0n) is 19.2. The van der Waals surface area contributed by atoms with Crippen molar-refractivity contribution in [1.29, 1.82) is 0 Å². The van der Waals surface area contributed by atoms with Gasteiger partial charge in [-0.2, -0.15) is 4.98 Å². The second-order valence-corrected chi connectivity index (χ2v) is 9.98. The van der Waals surface area contributed by atoms with Gasteiger partial charge in [0.25, 0.3) is 5.91 Å². The number of halogens is 1. The standard InChI is InChI=1S/C23H27BrN5O4P/c1-4-32-34(31,33-5-2)15-16-10-12-17(13-11-16)27-23-26-14-19(24)21(29-23)28-20-9-7-6-8-18(20)22(30)25-3/h6-14H,4-5,15H2,1-3H3,(H,25,30)(H2,26,27,28,29). The molecule has 1 amide bonds. The van der Waals surface area contributed by atoms with Crippen molar-refractivity contribution in [1.82, 2.24) is 15.3 Å². The van der Waals surface area contributed by atoms with Crippen LogP contribution in [0.2, 0.25) is 0 Å². The van der Waals surface area contributed by atoms with Crippen LogP contribution >= 0.6 is 23.5 Å². The Kier molecular flexibility index (Phi) is 9.18. The van der Waals surface area contributed by atoms with Gasteiger partial charge in [-0.15, -0.1) is 0 Å². The van der Waals surface area contributed by atoms with Crippen molar-refractivity contribution in [2.24, 2.45) is 0 Å². The fourth-order valence-corrected chi connectivity index (χ4v) is 5.13. The molecule has 11 heteroatoms. The number of rotatable bonds is 11. The molecular weight excluding hydrogens is 521 g/mol. The Balaban J connectivity index is 1.75. The predicted molar refractivity (Wildman–Crippen MR) is 137 cm³/mol. The number of amides is 1. The molecular formula is C23H27BrN5O4P. The van der Waals surface area contributed by atoms with Gasteiger partial charge in [0.15, 0.2) is 0 Å². The van der Waals surface area contributed by atoms with E-state index in [4.69, 9.17) is 9.05 Å². The summed E-state index contributed by atoms with van der Waals surface area (Å²) in [6, 6.07) is 14.5. The first-order chi connectivity index (χ1) is 16.4. The molecule has 0 aliphatic carbocycles. The smallest absolute Gasteiger partial charge is 0.335 e. The zero-order chi connectivity index (χ0) is 24.6. The minimum Gasteiger partial charge on any atom is -0.355 e. The van der Waals surface area contributed by atoms with Crippen molar-refractivity contribution in [3.63, 3.8) is 0 Å². The lowest BCUT2D eigenvalue weighted by Gasteiger charge is -2.17. The first kappa shape index (κ1) is 25.8. The molecule has 0 unspecified atom stereocenters. The highest BCUT2D eigenvalue weighted by Crippen LogP contribution is 2.51. The Bertz CT molecular complexity index is 1170. The summed E-state index contributed by atoms with van der Waals surface area (Å²) in [6.07, 6.45) is 1.82. The van der Waals surface area contributed by atoms with Crippen LogP contribution in [0.1, 0.15) is 29.8 Å². The lowest BCUT2D eigenvalue weighted by molar-refractivity contribution is 0.0964. The molecule has 0 aliphatic rings. The van der Waals surface area contributed by atoms with Crippen molar-refractivity contribution in [2.45, 2.75) is 20.0 Å². The number of hydrogen-bond donors (Lipinski definition) is 3. The van der Waals surface area contributed by atoms with Crippen molar-refractivity contribution in [3.05, 3.63) is 70.3 Å². The van der Waals surface area contributed by atoms with E-state index in [1.807, 2.05) is 30.3 Å². The van der Waals surface area contributed by atoms with Crippen LogP contribution in [0.3, 0.4) is 0 Å². The number of hydrogen-bond acceptors (Lipinski definition) is 8. The molecule has 180 valence electrons. The molecule has 3 aromatic rings. The normalized spacial score (nSPS) is 11.2. The quantitative estimate of drug-likeness (QED) is 0.256. The van der Waals surface area contributed by atoms with Gasteiger partial charge in [-0.1, -0.05) is 24.3 Å². The number of benzene rings is 2. The first-order valence-electron chi connectivity index (χ1n) is 10.7. The van der Waals surface area contributed by atoms with E-state index in [-0.39, 0.29) is 12.1 Å². The Morgan fingerprint density at radius 2 is 1.71 bits per heavy atom. The molecule has 3 N–H and O–H groups in total. The summed E-state index contributed by atoms with van der Waals surface area (Å²) in [5, 5.41) is 8.97. The largest absolute Gasteiger partial charge is 0.355 e. The van der Waals surface area contributed by atoms with E-state index in [2.05, 4.69) is 41.8 Å². The van der Waals surface area contributed by atoms with Gasteiger partial charge in [0.05, 0.1) is 35.1 Å². The van der Waals surface area contributed by atoms with Gasteiger partial charge in [-0.3, -0.25) is 9.36 Å². The van der Waals surface area contributed by atoms with Crippen LogP contribution < -0.4 is 16.0 Å². The zero-order valence-corrected chi connectivity index (χ0v) is 21.7. The van der Waals surface area contributed by atoms with E-state index in [9.17, 15) is 9.36 Å². The van der Waals surface area contributed by atoms with Crippen molar-refractivity contribution in [3.8, 4) is 0 Å². The summed E-state index contributed by atoms with van der Waals surface area (Å²) in [4.78, 5) is 21.0. The Morgan fingerprint density at radius 1 is 1.03 bits per heavy atom. The highest BCUT2D eigenvalue weighted by atomic mass is 79.9. The van der Waals surface area contributed by atoms with E-state index in [1.54, 1.807) is 45.3 Å². The first-order valence-corrected chi connectivity index (χ1v) is 13.2. The number of aromatic nitrogens is 2. The fourth-order valence-electron chi connectivity index (χ4n) is 3.14. The summed E-state index contributed by atoms with van der Waals surface area (Å²) in [6.45, 7) is 4.22. The summed E-state index contributed by atoms with van der Waals surface area (Å²) in [7, 11) is -1.59. The molecule has 0 fully saturated rings. The number of carbonyl (C=O) groups is 1. The average molecular weight is 548 g/mol. The van der Waals surface area contributed by atoms with Crippen LogP contribution in [0.5, 0.6) is 0 Å². The lowest BCUT2D eigenvalue weighted by atomic mass is 10.1. The number of carbonyl (C=O) groups excluding carboxylic acids is 1. The average Bonchev–Trinajstić information content (AvgIpc) is 2.82. The molecule has 9 nitrogen and oxygen atoms in total. The highest BCUT2D eigenvalue weighted by molar-refractivity contribution is 9.10. The van der Waals surface area contributed by atoms with Gasteiger partial charge < -0.3 is 25.0 Å². The van der Waals surface area contributed by atoms with Gasteiger partial charge in [0, 0.05) is 18.9 Å². The third-order valence-corrected chi connectivity index (χ3v) is 7.27. The van der Waals surface area contributed by atoms with Gasteiger partial charge >= 0.3 is 7.60 Å². The molecule has 0 spiro atoms. The summed E-state index contributed by atoms with van der Waals surface area (Å²) >= 11 is 3.45. The maximum Gasteiger partial charge on any atom is 0.335 e. The third kappa shape index (κ3) is 6.87. The minimum absolute atomic E-state index is 0.197. The van der Waals surface area contributed by atoms with Gasteiger partial charge in [-0.25, -0.2) is 4.98 Å². The molecule has 0 saturated heterocycles. The maximum absolute atomic E-state index is 12.7. The van der Waals surface area contributed by atoms with E-state index in [0.29, 0.717) is 40.7 Å². The van der Waals surface area contributed by atoms with Crippen LogP contribution in [0.4, 0.5) is 23.1 Å². The number of anilines is 4. The van der Waals surface area contributed by atoms with Gasteiger partial charge in [0.1, 0.15) is 5.82 Å². The Hall–Kier alpha value is -2.78. The van der Waals surface area contributed by atoms with Gasteiger partial charge in [0.2, 0.25) is 5.95 Å². The minimum atomic E-state index is -3.17. The van der Waals surface area contributed by atoms with E-state index in [1.165, 1.54) is 0 Å². The van der Waals surface area contributed by atoms with E-state index >= 15 is 0 Å². The van der Waals surface area contributed by atoms with Crippen molar-refractivity contribution < 1.29 is 18.4 Å². The van der Waals surface area contributed by atoms with Crippen LogP contribution in [0, 0.1) is 0 Å². The monoisotopic (exact) mass is 547 g/mol. The van der Waals surface area contributed by atoms with Crippen LogP contribution in [-0.2, 0) is 19.8 Å². The maximum atomic E-state index is 12.7. The number of para-hydroxylation sites is 1. The molecule has 2 aromatic carbocycles. The lowest BCUT2D eigenvalue weighted by Crippen LogP contribution is -2.19. The summed E-state index contributed by atoms with van der Waals surface area (Å²) in [5.74, 6) is 0.662. The molecule has 0 atom stereocenters. The molecule has 34 heavy (non-hydrogen) atoms. The topological polar surface area (TPSA) is 114 Å². The number of nitrogens with one attached hydrogen (secondary N) is 3. The van der Waals surface area contributed by atoms with Gasteiger partial charge in [-0.05, 0) is 59.6 Å².